The minimum Gasteiger partial charge on any atom is -0.333 e. The van der Waals surface area contributed by atoms with Crippen LogP contribution in [0.1, 0.15) is 19.3 Å². The molecule has 5 heteroatoms. The van der Waals surface area contributed by atoms with Crippen molar-refractivity contribution in [3.05, 3.63) is 0 Å². The zero-order chi connectivity index (χ0) is 9.26. The topological polar surface area (TPSA) is 70.4 Å². The van der Waals surface area contributed by atoms with Crippen molar-refractivity contribution < 1.29 is 4.79 Å². The molecule has 5 nitrogen and oxygen atoms in total. The lowest BCUT2D eigenvalue weighted by atomic mass is 10.3. The fourth-order valence-corrected chi connectivity index (χ4v) is 1.90. The molecule has 1 atom stereocenters. The summed E-state index contributed by atoms with van der Waals surface area (Å²) in [5.74, 6) is 4.98. The van der Waals surface area contributed by atoms with E-state index < -0.39 is 0 Å². The van der Waals surface area contributed by atoms with E-state index in [-0.39, 0.29) is 12.1 Å². The molecule has 0 aromatic heterocycles. The van der Waals surface area contributed by atoms with Crippen molar-refractivity contribution in [2.45, 2.75) is 31.3 Å². The highest BCUT2D eigenvalue weighted by molar-refractivity contribution is 5.73. The van der Waals surface area contributed by atoms with Gasteiger partial charge >= 0.3 is 6.03 Å². The fourth-order valence-electron chi connectivity index (χ4n) is 1.90. The van der Waals surface area contributed by atoms with Gasteiger partial charge in [0.05, 0.1) is 0 Å². The van der Waals surface area contributed by atoms with E-state index in [1.807, 2.05) is 0 Å². The predicted octanol–water partition coefficient (Wildman–Crippen LogP) is -0.604. The van der Waals surface area contributed by atoms with Crippen LogP contribution in [-0.4, -0.2) is 36.1 Å². The zero-order valence-corrected chi connectivity index (χ0v) is 7.62. The second-order valence-corrected chi connectivity index (χ2v) is 3.83. The van der Waals surface area contributed by atoms with E-state index >= 15 is 0 Å². The Morgan fingerprint density at radius 3 is 2.77 bits per heavy atom. The number of hydrogen-bond acceptors (Lipinski definition) is 3. The molecule has 0 spiro atoms. The highest BCUT2D eigenvalue weighted by Crippen LogP contribution is 2.29. The number of carbonyl (C=O) groups excluding carboxylic acids is 1. The van der Waals surface area contributed by atoms with E-state index in [1.165, 1.54) is 12.8 Å². The molecule has 2 aliphatic rings. The molecule has 2 amide bonds. The molecule has 1 saturated heterocycles. The maximum atomic E-state index is 10.9. The second-order valence-electron chi connectivity index (χ2n) is 3.83. The summed E-state index contributed by atoms with van der Waals surface area (Å²) in [6.07, 6.45) is 3.70. The quantitative estimate of drug-likeness (QED) is 0.305. The minimum atomic E-state index is -0.275. The van der Waals surface area contributed by atoms with Gasteiger partial charge in [-0.15, -0.1) is 0 Å². The summed E-state index contributed by atoms with van der Waals surface area (Å²) in [4.78, 5) is 13.3. The minimum absolute atomic E-state index is 0.275. The average Bonchev–Trinajstić information content (AvgIpc) is 2.88. The van der Waals surface area contributed by atoms with E-state index in [1.54, 1.807) is 0 Å². The Morgan fingerprint density at radius 1 is 1.38 bits per heavy atom. The van der Waals surface area contributed by atoms with Crippen LogP contribution in [-0.2, 0) is 0 Å². The summed E-state index contributed by atoms with van der Waals surface area (Å²) in [6.45, 7) is 2.10. The van der Waals surface area contributed by atoms with Gasteiger partial charge in [-0.25, -0.2) is 10.6 Å². The first-order chi connectivity index (χ1) is 6.29. The number of hydrazine groups is 1. The van der Waals surface area contributed by atoms with Crippen molar-refractivity contribution in [1.29, 1.82) is 0 Å². The van der Waals surface area contributed by atoms with Crippen LogP contribution >= 0.6 is 0 Å². The summed E-state index contributed by atoms with van der Waals surface area (Å²) in [7, 11) is 0. The van der Waals surface area contributed by atoms with E-state index in [4.69, 9.17) is 5.84 Å². The Bertz CT molecular complexity index is 204. The number of carbonyl (C=O) groups is 1. The largest absolute Gasteiger partial charge is 0.333 e. The average molecular weight is 184 g/mol. The van der Waals surface area contributed by atoms with Gasteiger partial charge in [0.25, 0.3) is 0 Å². The van der Waals surface area contributed by atoms with Crippen molar-refractivity contribution in [3.63, 3.8) is 0 Å². The Balaban J connectivity index is 1.74. The molecule has 13 heavy (non-hydrogen) atoms. The standard InChI is InChI=1S/C8H16N4O/c9-11-8(13)10-6-3-4-12(5-6)7-1-2-7/h6-7H,1-5,9H2,(H2,10,11,13). The van der Waals surface area contributed by atoms with Crippen molar-refractivity contribution in [3.8, 4) is 0 Å². The van der Waals surface area contributed by atoms with Gasteiger partial charge in [0.2, 0.25) is 0 Å². The first-order valence-corrected chi connectivity index (χ1v) is 4.81. The van der Waals surface area contributed by atoms with Crippen LogP contribution in [0.5, 0.6) is 0 Å². The molecule has 0 aromatic carbocycles. The highest BCUT2D eigenvalue weighted by Gasteiger charge is 2.34. The molecular formula is C8H16N4O. The molecule has 1 unspecified atom stereocenters. The number of nitrogens with one attached hydrogen (secondary N) is 2. The fraction of sp³-hybridized carbons (Fsp3) is 0.875. The van der Waals surface area contributed by atoms with E-state index in [2.05, 4.69) is 15.6 Å². The molecule has 2 fully saturated rings. The third-order valence-electron chi connectivity index (χ3n) is 2.75. The van der Waals surface area contributed by atoms with Crippen molar-refractivity contribution in [1.82, 2.24) is 15.6 Å². The van der Waals surface area contributed by atoms with Gasteiger partial charge in [-0.2, -0.15) is 0 Å². The number of nitrogens with two attached hydrogens (primary N) is 1. The van der Waals surface area contributed by atoms with Crippen LogP contribution < -0.4 is 16.6 Å². The van der Waals surface area contributed by atoms with Crippen LogP contribution in [0, 0.1) is 0 Å². The van der Waals surface area contributed by atoms with E-state index in [9.17, 15) is 4.79 Å². The zero-order valence-electron chi connectivity index (χ0n) is 7.62. The number of urea groups is 1. The highest BCUT2D eigenvalue weighted by atomic mass is 16.2. The smallest absolute Gasteiger partial charge is 0.329 e. The van der Waals surface area contributed by atoms with E-state index in [0.29, 0.717) is 0 Å². The molecular weight excluding hydrogens is 168 g/mol. The van der Waals surface area contributed by atoms with Gasteiger partial charge in [0, 0.05) is 25.2 Å². The summed E-state index contributed by atoms with van der Waals surface area (Å²) >= 11 is 0. The van der Waals surface area contributed by atoms with Gasteiger partial charge < -0.3 is 5.32 Å². The molecule has 0 bridgehead atoms. The molecule has 1 aliphatic carbocycles. The summed E-state index contributed by atoms with van der Waals surface area (Å²) in [5.41, 5.74) is 2.08. The number of nitrogens with zero attached hydrogens (tertiary/aromatic N) is 1. The molecule has 1 saturated carbocycles. The second kappa shape index (κ2) is 3.51. The van der Waals surface area contributed by atoms with Gasteiger partial charge in [0.1, 0.15) is 0 Å². The normalized spacial score (nSPS) is 28.8. The van der Waals surface area contributed by atoms with Gasteiger partial charge in [-0.05, 0) is 19.3 Å². The number of amides is 2. The predicted molar refractivity (Wildman–Crippen MR) is 48.9 cm³/mol. The first kappa shape index (κ1) is 8.77. The van der Waals surface area contributed by atoms with Crippen LogP contribution in [0.15, 0.2) is 0 Å². The van der Waals surface area contributed by atoms with Crippen LogP contribution in [0.4, 0.5) is 4.79 Å². The Morgan fingerprint density at radius 2 is 2.15 bits per heavy atom. The summed E-state index contributed by atoms with van der Waals surface area (Å²) < 4.78 is 0. The molecule has 74 valence electrons. The lowest BCUT2D eigenvalue weighted by Crippen LogP contribution is -2.46. The monoisotopic (exact) mass is 184 g/mol. The molecule has 0 aromatic rings. The lowest BCUT2D eigenvalue weighted by Gasteiger charge is -2.15. The van der Waals surface area contributed by atoms with Gasteiger partial charge in [0.15, 0.2) is 0 Å². The van der Waals surface area contributed by atoms with Crippen molar-refractivity contribution >= 4 is 6.03 Å². The van der Waals surface area contributed by atoms with Crippen molar-refractivity contribution in [2.75, 3.05) is 13.1 Å². The summed E-state index contributed by atoms with van der Waals surface area (Å²) in [5, 5.41) is 2.82. The Kier molecular flexibility index (Phi) is 2.37. The van der Waals surface area contributed by atoms with Crippen molar-refractivity contribution in [2.24, 2.45) is 5.84 Å². The number of likely N-dealkylation sites (tertiary alicyclic amines) is 1. The maximum absolute atomic E-state index is 10.9. The molecule has 1 aliphatic heterocycles. The number of hydrogen-bond donors (Lipinski definition) is 3. The van der Waals surface area contributed by atoms with Crippen LogP contribution in [0.2, 0.25) is 0 Å². The molecule has 4 N–H and O–H groups in total. The Labute approximate surface area is 77.6 Å². The Hall–Kier alpha value is -0.810. The van der Waals surface area contributed by atoms with Crippen LogP contribution in [0.25, 0.3) is 0 Å². The van der Waals surface area contributed by atoms with Gasteiger partial charge in [-0.3, -0.25) is 10.3 Å². The lowest BCUT2D eigenvalue weighted by molar-refractivity contribution is 0.236. The van der Waals surface area contributed by atoms with E-state index in [0.717, 1.165) is 25.6 Å². The molecule has 0 radical (unpaired) electrons. The maximum Gasteiger partial charge on any atom is 0.329 e. The first-order valence-electron chi connectivity index (χ1n) is 4.81. The SMILES string of the molecule is NNC(=O)NC1CCN(C2CC2)C1. The molecule has 1 heterocycles. The third-order valence-corrected chi connectivity index (χ3v) is 2.75. The molecule has 2 rings (SSSR count). The summed E-state index contributed by atoms with van der Waals surface area (Å²) in [6, 6.07) is 0.805. The van der Waals surface area contributed by atoms with Gasteiger partial charge in [-0.1, -0.05) is 0 Å². The third kappa shape index (κ3) is 2.10. The number of rotatable bonds is 2. The van der Waals surface area contributed by atoms with Crippen LogP contribution in [0.3, 0.4) is 0 Å².